The first-order valence-corrected chi connectivity index (χ1v) is 9.38. The van der Waals surface area contributed by atoms with Gasteiger partial charge in [0.15, 0.2) is 0 Å². The van der Waals surface area contributed by atoms with Gasteiger partial charge < -0.3 is 10.6 Å². The van der Waals surface area contributed by atoms with Crippen LogP contribution in [0.3, 0.4) is 0 Å². The maximum absolute atomic E-state index is 12.7. The van der Waals surface area contributed by atoms with E-state index in [1.807, 2.05) is 43.3 Å². The fourth-order valence-corrected chi connectivity index (χ4v) is 3.07. The summed E-state index contributed by atoms with van der Waals surface area (Å²) in [5.41, 5.74) is 2.89. The molecule has 0 aliphatic rings. The average molecular weight is 393 g/mol. The normalized spacial score (nSPS) is 11.5. The first kappa shape index (κ1) is 19.6. The van der Waals surface area contributed by atoms with Crippen molar-refractivity contribution < 1.29 is 9.59 Å². The van der Waals surface area contributed by atoms with Gasteiger partial charge in [0.25, 0.3) is 5.91 Å². The van der Waals surface area contributed by atoms with Crippen LogP contribution in [0.4, 0.5) is 5.69 Å². The molecular formula is C23H21ClN2O2. The van der Waals surface area contributed by atoms with Gasteiger partial charge in [-0.15, -0.1) is 0 Å². The predicted molar refractivity (Wildman–Crippen MR) is 113 cm³/mol. The second kappa shape index (κ2) is 9.20. The Morgan fingerprint density at radius 2 is 1.54 bits per heavy atom. The molecule has 2 amide bonds. The van der Waals surface area contributed by atoms with E-state index in [9.17, 15) is 9.59 Å². The van der Waals surface area contributed by atoms with Crippen LogP contribution in [-0.2, 0) is 4.79 Å². The predicted octanol–water partition coefficient (Wildman–Crippen LogP) is 5.15. The van der Waals surface area contributed by atoms with Crippen molar-refractivity contribution in [3.05, 3.63) is 101 Å². The van der Waals surface area contributed by atoms with Crippen LogP contribution < -0.4 is 10.6 Å². The standard InChI is InChI=1S/C23H21ClN2O2/c1-16-19(24)13-8-14-20(16)25-22(27)15-21(17-9-4-2-5-10-17)26-23(28)18-11-6-3-7-12-18/h2-14,21H,15H2,1H3,(H,25,27)(H,26,28). The zero-order chi connectivity index (χ0) is 19.9. The molecule has 0 saturated carbocycles. The topological polar surface area (TPSA) is 58.2 Å². The Hall–Kier alpha value is -3.11. The summed E-state index contributed by atoms with van der Waals surface area (Å²) in [6, 6.07) is 23.3. The van der Waals surface area contributed by atoms with Crippen LogP contribution in [0.1, 0.15) is 33.9 Å². The lowest BCUT2D eigenvalue weighted by molar-refractivity contribution is -0.116. The van der Waals surface area contributed by atoms with Gasteiger partial charge in [0.1, 0.15) is 0 Å². The molecule has 1 unspecified atom stereocenters. The molecule has 3 aromatic carbocycles. The van der Waals surface area contributed by atoms with Gasteiger partial charge in [-0.05, 0) is 42.3 Å². The molecule has 1 atom stereocenters. The molecule has 0 saturated heterocycles. The zero-order valence-corrected chi connectivity index (χ0v) is 16.2. The van der Waals surface area contributed by atoms with Gasteiger partial charge in [-0.2, -0.15) is 0 Å². The summed E-state index contributed by atoms with van der Waals surface area (Å²) >= 11 is 6.13. The van der Waals surface area contributed by atoms with Crippen LogP contribution >= 0.6 is 11.6 Å². The van der Waals surface area contributed by atoms with E-state index in [1.54, 1.807) is 42.5 Å². The second-order valence-corrected chi connectivity index (χ2v) is 6.87. The maximum Gasteiger partial charge on any atom is 0.251 e. The Kier molecular flexibility index (Phi) is 6.45. The molecule has 0 aromatic heterocycles. The second-order valence-electron chi connectivity index (χ2n) is 6.47. The Bertz CT molecular complexity index is 959. The van der Waals surface area contributed by atoms with Gasteiger partial charge in [-0.1, -0.05) is 66.2 Å². The first-order valence-electron chi connectivity index (χ1n) is 9.00. The highest BCUT2D eigenvalue weighted by Crippen LogP contribution is 2.24. The minimum absolute atomic E-state index is 0.106. The molecule has 0 aliphatic heterocycles. The molecule has 0 spiro atoms. The van der Waals surface area contributed by atoms with Gasteiger partial charge in [0.05, 0.1) is 12.5 Å². The van der Waals surface area contributed by atoms with E-state index in [4.69, 9.17) is 11.6 Å². The van der Waals surface area contributed by atoms with Crippen molar-refractivity contribution in [1.82, 2.24) is 5.32 Å². The Morgan fingerprint density at radius 1 is 0.893 bits per heavy atom. The van der Waals surface area contributed by atoms with E-state index in [2.05, 4.69) is 10.6 Å². The van der Waals surface area contributed by atoms with Crippen molar-refractivity contribution in [3.63, 3.8) is 0 Å². The van der Waals surface area contributed by atoms with Crippen LogP contribution in [0, 0.1) is 6.92 Å². The van der Waals surface area contributed by atoms with Crippen molar-refractivity contribution in [2.45, 2.75) is 19.4 Å². The van der Waals surface area contributed by atoms with E-state index in [-0.39, 0.29) is 18.2 Å². The van der Waals surface area contributed by atoms with Crippen molar-refractivity contribution >= 4 is 29.1 Å². The maximum atomic E-state index is 12.7. The van der Waals surface area contributed by atoms with Crippen molar-refractivity contribution in [2.75, 3.05) is 5.32 Å². The van der Waals surface area contributed by atoms with Crippen LogP contribution in [0.15, 0.2) is 78.9 Å². The smallest absolute Gasteiger partial charge is 0.251 e. The van der Waals surface area contributed by atoms with Crippen LogP contribution in [0.25, 0.3) is 0 Å². The number of hydrogen-bond donors (Lipinski definition) is 2. The van der Waals surface area contributed by atoms with E-state index >= 15 is 0 Å². The number of carbonyl (C=O) groups excluding carboxylic acids is 2. The highest BCUT2D eigenvalue weighted by atomic mass is 35.5. The lowest BCUT2D eigenvalue weighted by Gasteiger charge is -2.19. The van der Waals surface area contributed by atoms with Gasteiger partial charge in [0, 0.05) is 16.3 Å². The molecule has 0 radical (unpaired) electrons. The third kappa shape index (κ3) is 4.99. The summed E-state index contributed by atoms with van der Waals surface area (Å²) in [6.07, 6.45) is 0.106. The number of rotatable bonds is 6. The molecule has 3 rings (SSSR count). The fourth-order valence-electron chi connectivity index (χ4n) is 2.90. The lowest BCUT2D eigenvalue weighted by atomic mass is 10.0. The molecule has 142 valence electrons. The summed E-state index contributed by atoms with van der Waals surface area (Å²) in [4.78, 5) is 25.3. The van der Waals surface area contributed by atoms with Crippen molar-refractivity contribution in [2.24, 2.45) is 0 Å². The monoisotopic (exact) mass is 392 g/mol. The zero-order valence-electron chi connectivity index (χ0n) is 15.5. The summed E-state index contributed by atoms with van der Waals surface area (Å²) in [5, 5.41) is 6.45. The third-order valence-electron chi connectivity index (χ3n) is 4.47. The number of benzene rings is 3. The summed E-state index contributed by atoms with van der Waals surface area (Å²) in [6.45, 7) is 1.85. The number of halogens is 1. The molecule has 4 nitrogen and oxygen atoms in total. The highest BCUT2D eigenvalue weighted by Gasteiger charge is 2.19. The highest BCUT2D eigenvalue weighted by molar-refractivity contribution is 6.31. The summed E-state index contributed by atoms with van der Waals surface area (Å²) < 4.78 is 0. The molecular weight excluding hydrogens is 372 g/mol. The van der Waals surface area contributed by atoms with E-state index < -0.39 is 6.04 Å². The van der Waals surface area contributed by atoms with E-state index in [0.29, 0.717) is 16.3 Å². The van der Waals surface area contributed by atoms with Crippen LogP contribution in [0.2, 0.25) is 5.02 Å². The van der Waals surface area contributed by atoms with E-state index in [0.717, 1.165) is 11.1 Å². The molecule has 5 heteroatoms. The molecule has 0 bridgehead atoms. The quantitative estimate of drug-likeness (QED) is 0.609. The molecule has 0 fully saturated rings. The van der Waals surface area contributed by atoms with Gasteiger partial charge in [-0.3, -0.25) is 9.59 Å². The van der Waals surface area contributed by atoms with Gasteiger partial charge in [0.2, 0.25) is 5.91 Å². The Balaban J connectivity index is 1.76. The van der Waals surface area contributed by atoms with Crippen LogP contribution in [-0.4, -0.2) is 11.8 Å². The third-order valence-corrected chi connectivity index (χ3v) is 4.88. The Labute approximate surface area is 169 Å². The number of anilines is 1. The number of amides is 2. The summed E-state index contributed by atoms with van der Waals surface area (Å²) in [7, 11) is 0. The fraction of sp³-hybridized carbons (Fsp3) is 0.130. The Morgan fingerprint density at radius 3 is 2.21 bits per heavy atom. The minimum Gasteiger partial charge on any atom is -0.345 e. The number of hydrogen-bond acceptors (Lipinski definition) is 2. The van der Waals surface area contributed by atoms with Crippen molar-refractivity contribution in [3.8, 4) is 0 Å². The van der Waals surface area contributed by atoms with Crippen molar-refractivity contribution in [1.29, 1.82) is 0 Å². The van der Waals surface area contributed by atoms with Crippen LogP contribution in [0.5, 0.6) is 0 Å². The number of nitrogens with one attached hydrogen (secondary N) is 2. The van der Waals surface area contributed by atoms with Gasteiger partial charge in [-0.25, -0.2) is 0 Å². The minimum atomic E-state index is -0.451. The largest absolute Gasteiger partial charge is 0.345 e. The molecule has 2 N–H and O–H groups in total. The lowest BCUT2D eigenvalue weighted by Crippen LogP contribution is -2.31. The average Bonchev–Trinajstić information content (AvgIpc) is 2.72. The molecule has 28 heavy (non-hydrogen) atoms. The summed E-state index contributed by atoms with van der Waals surface area (Å²) in [5.74, 6) is -0.422. The molecule has 3 aromatic rings. The molecule has 0 heterocycles. The van der Waals surface area contributed by atoms with E-state index in [1.165, 1.54) is 0 Å². The first-order chi connectivity index (χ1) is 13.5. The van der Waals surface area contributed by atoms with Gasteiger partial charge >= 0.3 is 0 Å². The molecule has 0 aliphatic carbocycles. The number of carbonyl (C=O) groups is 2. The SMILES string of the molecule is Cc1c(Cl)cccc1NC(=O)CC(NC(=O)c1ccccc1)c1ccccc1.